The fourth-order valence-corrected chi connectivity index (χ4v) is 5.28. The highest BCUT2D eigenvalue weighted by Crippen LogP contribution is 2.25. The van der Waals surface area contributed by atoms with Gasteiger partial charge in [0.25, 0.3) is 5.91 Å². The van der Waals surface area contributed by atoms with Crippen molar-refractivity contribution in [2.24, 2.45) is 0 Å². The molecule has 1 amide bonds. The molecule has 0 saturated carbocycles. The van der Waals surface area contributed by atoms with E-state index < -0.39 is 10.0 Å². The minimum atomic E-state index is -3.59. The van der Waals surface area contributed by atoms with E-state index >= 15 is 0 Å². The number of amides is 1. The summed E-state index contributed by atoms with van der Waals surface area (Å²) in [5.74, 6) is -0.357. The number of hydrogen-bond acceptors (Lipinski definition) is 4. The quantitative estimate of drug-likeness (QED) is 0.596. The number of nitrogens with one attached hydrogen (secondary N) is 1. The van der Waals surface area contributed by atoms with Gasteiger partial charge in [0.2, 0.25) is 10.0 Å². The lowest BCUT2D eigenvalue weighted by atomic mass is 10.2. The second-order valence-electron chi connectivity index (χ2n) is 7.59. The second kappa shape index (κ2) is 10.4. The van der Waals surface area contributed by atoms with Crippen LogP contribution in [0.4, 0.5) is 0 Å². The molecule has 0 unspecified atom stereocenters. The highest BCUT2D eigenvalue weighted by molar-refractivity contribution is 7.89. The number of sulfonamides is 1. The average molecular weight is 450 g/mol. The third kappa shape index (κ3) is 5.82. The first-order valence-electron chi connectivity index (χ1n) is 10.2. The molecule has 2 aromatic carbocycles. The molecule has 6 nitrogen and oxygen atoms in total. The molecule has 1 fully saturated rings. The molecule has 1 aliphatic heterocycles. The van der Waals surface area contributed by atoms with Crippen LogP contribution in [-0.4, -0.2) is 56.8 Å². The number of rotatable bonds is 9. The summed E-state index contributed by atoms with van der Waals surface area (Å²) < 4.78 is 27.0. The number of carbonyl (C=O) groups is 1. The molecule has 30 heavy (non-hydrogen) atoms. The first kappa shape index (κ1) is 22.7. The van der Waals surface area contributed by atoms with Gasteiger partial charge in [-0.2, -0.15) is 4.31 Å². The van der Waals surface area contributed by atoms with Crippen LogP contribution in [0.15, 0.2) is 53.4 Å². The van der Waals surface area contributed by atoms with E-state index in [0.29, 0.717) is 19.6 Å². The molecule has 3 rings (SSSR count). The van der Waals surface area contributed by atoms with Crippen LogP contribution in [0.3, 0.4) is 0 Å². The summed E-state index contributed by atoms with van der Waals surface area (Å²) in [5, 5.41) is 3.09. The predicted octanol–water partition coefficient (Wildman–Crippen LogP) is 3.38. The van der Waals surface area contributed by atoms with Crippen molar-refractivity contribution in [2.45, 2.75) is 30.7 Å². The zero-order valence-electron chi connectivity index (χ0n) is 17.2. The van der Waals surface area contributed by atoms with Gasteiger partial charge in [-0.3, -0.25) is 4.79 Å². The van der Waals surface area contributed by atoms with E-state index in [2.05, 4.69) is 22.3 Å². The van der Waals surface area contributed by atoms with Crippen LogP contribution in [0.5, 0.6) is 0 Å². The van der Waals surface area contributed by atoms with Crippen LogP contribution in [-0.2, 0) is 16.6 Å². The fourth-order valence-electron chi connectivity index (χ4n) is 3.54. The van der Waals surface area contributed by atoms with E-state index in [9.17, 15) is 13.2 Å². The molecule has 0 radical (unpaired) electrons. The highest BCUT2D eigenvalue weighted by atomic mass is 35.5. The van der Waals surface area contributed by atoms with Crippen molar-refractivity contribution in [2.75, 3.05) is 33.2 Å². The van der Waals surface area contributed by atoms with Gasteiger partial charge >= 0.3 is 0 Å². The van der Waals surface area contributed by atoms with E-state index in [1.54, 1.807) is 0 Å². The van der Waals surface area contributed by atoms with Gasteiger partial charge < -0.3 is 10.2 Å². The smallest absolute Gasteiger partial charge is 0.252 e. The summed E-state index contributed by atoms with van der Waals surface area (Å²) in [5.41, 5.74) is 1.43. The summed E-state index contributed by atoms with van der Waals surface area (Å²) in [4.78, 5) is 14.9. The van der Waals surface area contributed by atoms with Crippen molar-refractivity contribution in [3.8, 4) is 0 Å². The minimum Gasteiger partial charge on any atom is -0.352 e. The van der Waals surface area contributed by atoms with Crippen molar-refractivity contribution in [3.63, 3.8) is 0 Å². The van der Waals surface area contributed by atoms with Gasteiger partial charge in [-0.1, -0.05) is 41.9 Å². The number of nitrogens with zero attached hydrogens (tertiary/aromatic N) is 2. The molecule has 162 valence electrons. The Kier molecular flexibility index (Phi) is 7.88. The van der Waals surface area contributed by atoms with Gasteiger partial charge in [0.15, 0.2) is 0 Å². The van der Waals surface area contributed by atoms with Gasteiger partial charge in [0.05, 0.1) is 15.5 Å². The lowest BCUT2D eigenvalue weighted by Crippen LogP contribution is -2.30. The Morgan fingerprint density at radius 3 is 2.53 bits per heavy atom. The second-order valence-corrected chi connectivity index (χ2v) is 9.93. The van der Waals surface area contributed by atoms with Crippen LogP contribution in [0, 0.1) is 0 Å². The van der Waals surface area contributed by atoms with E-state index in [1.807, 2.05) is 25.2 Å². The number of carbonyl (C=O) groups excluding carboxylic acids is 1. The molecule has 0 bridgehead atoms. The normalized spacial score (nSPS) is 14.9. The first-order chi connectivity index (χ1) is 14.4. The Hall–Kier alpha value is -1.93. The lowest BCUT2D eigenvalue weighted by molar-refractivity contribution is 0.0952. The third-order valence-corrected chi connectivity index (χ3v) is 7.41. The maximum Gasteiger partial charge on any atom is 0.252 e. The zero-order valence-corrected chi connectivity index (χ0v) is 18.8. The summed E-state index contributed by atoms with van der Waals surface area (Å²) in [6.07, 6.45) is 2.50. The predicted molar refractivity (Wildman–Crippen MR) is 119 cm³/mol. The molecule has 0 atom stereocenters. The lowest BCUT2D eigenvalue weighted by Gasteiger charge is -2.17. The highest BCUT2D eigenvalue weighted by Gasteiger charge is 2.28. The molecular weight excluding hydrogens is 422 g/mol. The van der Waals surface area contributed by atoms with Crippen LogP contribution in [0.2, 0.25) is 5.02 Å². The molecule has 2 aromatic rings. The summed E-state index contributed by atoms with van der Waals surface area (Å²) >= 11 is 6.18. The molecule has 1 saturated heterocycles. The van der Waals surface area contributed by atoms with Crippen molar-refractivity contribution < 1.29 is 13.2 Å². The third-order valence-electron chi connectivity index (χ3n) is 5.18. The van der Waals surface area contributed by atoms with Gasteiger partial charge in [-0.25, -0.2) is 8.42 Å². The van der Waals surface area contributed by atoms with E-state index in [-0.39, 0.29) is 21.4 Å². The Labute approximate surface area is 183 Å². The summed E-state index contributed by atoms with van der Waals surface area (Å²) in [6.45, 7) is 3.19. The van der Waals surface area contributed by atoms with Gasteiger partial charge in [-0.05, 0) is 56.6 Å². The van der Waals surface area contributed by atoms with Crippen molar-refractivity contribution in [1.82, 2.24) is 14.5 Å². The standard InChI is InChI=1S/C22H28ClN3O3S/c1-25(17-18-8-3-2-4-9-18)13-7-12-24-22(27)20-16-19(10-11-21(20)23)30(28,29)26-14-5-6-15-26/h2-4,8-11,16H,5-7,12-15,17H2,1H3,(H,24,27). The zero-order chi connectivity index (χ0) is 21.6. The van der Waals surface area contributed by atoms with Crippen molar-refractivity contribution >= 4 is 27.5 Å². The topological polar surface area (TPSA) is 69.7 Å². The van der Waals surface area contributed by atoms with E-state index in [1.165, 1.54) is 28.1 Å². The molecule has 1 heterocycles. The Bertz CT molecular complexity index is 961. The van der Waals surface area contributed by atoms with Crippen LogP contribution >= 0.6 is 11.6 Å². The number of benzene rings is 2. The molecule has 0 spiro atoms. The maximum absolute atomic E-state index is 12.8. The van der Waals surface area contributed by atoms with Gasteiger partial charge in [0.1, 0.15) is 0 Å². The Morgan fingerprint density at radius 2 is 1.83 bits per heavy atom. The fraction of sp³-hybridized carbons (Fsp3) is 0.409. The van der Waals surface area contributed by atoms with Crippen molar-refractivity contribution in [1.29, 1.82) is 0 Å². The molecule has 8 heteroatoms. The molecule has 1 aliphatic rings. The minimum absolute atomic E-state index is 0.113. The molecule has 0 aromatic heterocycles. The monoisotopic (exact) mass is 449 g/mol. The van der Waals surface area contributed by atoms with Crippen LogP contribution in [0.25, 0.3) is 0 Å². The Balaban J connectivity index is 1.53. The van der Waals surface area contributed by atoms with Crippen LogP contribution < -0.4 is 5.32 Å². The first-order valence-corrected chi connectivity index (χ1v) is 12.0. The molecule has 1 N–H and O–H groups in total. The van der Waals surface area contributed by atoms with Gasteiger partial charge in [0, 0.05) is 26.2 Å². The molecule has 0 aliphatic carbocycles. The number of hydrogen-bond donors (Lipinski definition) is 1. The van der Waals surface area contributed by atoms with E-state index in [0.717, 1.165) is 32.4 Å². The maximum atomic E-state index is 12.8. The largest absolute Gasteiger partial charge is 0.352 e. The van der Waals surface area contributed by atoms with Gasteiger partial charge in [-0.15, -0.1) is 0 Å². The summed E-state index contributed by atoms with van der Waals surface area (Å²) in [7, 11) is -1.55. The van der Waals surface area contributed by atoms with E-state index in [4.69, 9.17) is 11.6 Å². The number of halogens is 1. The Morgan fingerprint density at radius 1 is 1.13 bits per heavy atom. The average Bonchev–Trinajstić information content (AvgIpc) is 3.28. The van der Waals surface area contributed by atoms with Crippen molar-refractivity contribution in [3.05, 3.63) is 64.7 Å². The summed E-state index contributed by atoms with van der Waals surface area (Å²) in [6, 6.07) is 14.5. The SMILES string of the molecule is CN(CCCNC(=O)c1cc(S(=O)(=O)N2CCCC2)ccc1Cl)Cc1ccccc1. The van der Waals surface area contributed by atoms with Crippen LogP contribution in [0.1, 0.15) is 35.2 Å². The molecular formula is C22H28ClN3O3S.